The van der Waals surface area contributed by atoms with Crippen LogP contribution in [0.1, 0.15) is 52.7 Å². The van der Waals surface area contributed by atoms with Crippen molar-refractivity contribution in [2.75, 3.05) is 6.54 Å². The zero-order valence-corrected chi connectivity index (χ0v) is 14.9. The molecule has 0 aliphatic rings. The summed E-state index contributed by atoms with van der Waals surface area (Å²) in [5.41, 5.74) is 1.23. The number of rotatable bonds is 8. The van der Waals surface area contributed by atoms with E-state index in [0.29, 0.717) is 12.0 Å². The SMILES string of the molecule is CC(C)CC(C)OC(CNC(C)C)c1ccc(Br)cc1. The van der Waals surface area contributed by atoms with Crippen LogP contribution in [0, 0.1) is 5.92 Å². The smallest absolute Gasteiger partial charge is 0.0952 e. The highest BCUT2D eigenvalue weighted by Gasteiger charge is 2.16. The van der Waals surface area contributed by atoms with Crippen molar-refractivity contribution in [3.8, 4) is 0 Å². The molecule has 0 aliphatic heterocycles. The van der Waals surface area contributed by atoms with Crippen LogP contribution in [0.3, 0.4) is 0 Å². The Balaban J connectivity index is 2.71. The Kier molecular flexibility index (Phi) is 7.78. The van der Waals surface area contributed by atoms with Gasteiger partial charge in [-0.3, -0.25) is 0 Å². The van der Waals surface area contributed by atoms with E-state index in [0.717, 1.165) is 17.4 Å². The molecule has 0 aliphatic carbocycles. The van der Waals surface area contributed by atoms with Crippen molar-refractivity contribution >= 4 is 15.9 Å². The lowest BCUT2D eigenvalue weighted by atomic mass is 10.1. The molecule has 0 amide bonds. The van der Waals surface area contributed by atoms with Gasteiger partial charge in [-0.2, -0.15) is 0 Å². The molecular formula is C17H28BrNO. The summed E-state index contributed by atoms with van der Waals surface area (Å²) in [6, 6.07) is 8.90. The Morgan fingerprint density at radius 3 is 2.15 bits per heavy atom. The van der Waals surface area contributed by atoms with E-state index >= 15 is 0 Å². The molecule has 114 valence electrons. The maximum absolute atomic E-state index is 6.26. The van der Waals surface area contributed by atoms with E-state index in [2.05, 4.69) is 80.1 Å². The minimum atomic E-state index is 0.110. The highest BCUT2D eigenvalue weighted by molar-refractivity contribution is 9.10. The third kappa shape index (κ3) is 6.87. The fraction of sp³-hybridized carbons (Fsp3) is 0.647. The maximum Gasteiger partial charge on any atom is 0.0952 e. The summed E-state index contributed by atoms with van der Waals surface area (Å²) < 4.78 is 7.36. The van der Waals surface area contributed by atoms with E-state index in [4.69, 9.17) is 4.74 Å². The maximum atomic E-state index is 6.26. The normalized spacial score (nSPS) is 14.8. The first-order valence-corrected chi connectivity index (χ1v) is 8.32. The van der Waals surface area contributed by atoms with Gasteiger partial charge in [0, 0.05) is 17.1 Å². The Morgan fingerprint density at radius 1 is 1.05 bits per heavy atom. The van der Waals surface area contributed by atoms with Crippen molar-refractivity contribution < 1.29 is 4.74 Å². The molecule has 2 atom stereocenters. The predicted molar refractivity (Wildman–Crippen MR) is 90.0 cm³/mol. The molecule has 0 spiro atoms. The molecule has 3 heteroatoms. The van der Waals surface area contributed by atoms with Crippen LogP contribution < -0.4 is 5.32 Å². The van der Waals surface area contributed by atoms with Gasteiger partial charge in [-0.15, -0.1) is 0 Å². The molecule has 0 aromatic heterocycles. The van der Waals surface area contributed by atoms with Gasteiger partial charge in [0.05, 0.1) is 12.2 Å². The molecule has 1 aromatic carbocycles. The Labute approximate surface area is 132 Å². The number of hydrogen-bond donors (Lipinski definition) is 1. The summed E-state index contributed by atoms with van der Waals surface area (Å²) in [6.07, 6.45) is 1.48. The molecule has 2 nitrogen and oxygen atoms in total. The number of benzene rings is 1. The van der Waals surface area contributed by atoms with Gasteiger partial charge < -0.3 is 10.1 Å². The molecule has 0 fully saturated rings. The zero-order valence-electron chi connectivity index (χ0n) is 13.3. The van der Waals surface area contributed by atoms with Gasteiger partial charge in [-0.25, -0.2) is 0 Å². The molecule has 2 unspecified atom stereocenters. The topological polar surface area (TPSA) is 21.3 Å². The van der Waals surface area contributed by atoms with E-state index in [1.165, 1.54) is 5.56 Å². The first-order valence-electron chi connectivity index (χ1n) is 7.52. The number of halogens is 1. The van der Waals surface area contributed by atoms with Crippen molar-refractivity contribution in [1.29, 1.82) is 0 Å². The van der Waals surface area contributed by atoms with E-state index in [1.807, 2.05) is 0 Å². The second-order valence-corrected chi connectivity index (χ2v) is 7.10. The lowest BCUT2D eigenvalue weighted by molar-refractivity contribution is -0.0134. The molecule has 0 saturated carbocycles. The third-order valence-corrected chi connectivity index (χ3v) is 3.68. The van der Waals surface area contributed by atoms with Crippen LogP contribution in [0.15, 0.2) is 28.7 Å². The largest absolute Gasteiger partial charge is 0.369 e. The highest BCUT2D eigenvalue weighted by atomic mass is 79.9. The number of hydrogen-bond acceptors (Lipinski definition) is 2. The van der Waals surface area contributed by atoms with Crippen LogP contribution in [0.25, 0.3) is 0 Å². The second-order valence-electron chi connectivity index (χ2n) is 6.18. The average Bonchev–Trinajstić information content (AvgIpc) is 2.34. The molecule has 1 aromatic rings. The number of ether oxygens (including phenoxy) is 1. The minimum Gasteiger partial charge on any atom is -0.369 e. The van der Waals surface area contributed by atoms with Crippen molar-refractivity contribution in [2.45, 2.75) is 59.3 Å². The van der Waals surface area contributed by atoms with Crippen LogP contribution in [0.2, 0.25) is 0 Å². The summed E-state index contributed by atoms with van der Waals surface area (Å²) in [4.78, 5) is 0. The van der Waals surface area contributed by atoms with Crippen LogP contribution in [-0.2, 0) is 4.74 Å². The lowest BCUT2D eigenvalue weighted by Crippen LogP contribution is -2.31. The molecule has 1 rings (SSSR count). The standard InChI is InChI=1S/C17H28BrNO/c1-12(2)10-14(5)20-17(11-19-13(3)4)15-6-8-16(18)9-7-15/h6-9,12-14,17,19H,10-11H2,1-5H3. The molecule has 0 bridgehead atoms. The first-order chi connectivity index (χ1) is 9.38. The third-order valence-electron chi connectivity index (χ3n) is 3.15. The van der Waals surface area contributed by atoms with Crippen molar-refractivity contribution in [2.24, 2.45) is 5.92 Å². The summed E-state index contributed by atoms with van der Waals surface area (Å²) >= 11 is 3.48. The fourth-order valence-electron chi connectivity index (χ4n) is 2.26. The van der Waals surface area contributed by atoms with E-state index in [1.54, 1.807) is 0 Å². The van der Waals surface area contributed by atoms with Crippen LogP contribution in [-0.4, -0.2) is 18.7 Å². The number of nitrogens with one attached hydrogen (secondary N) is 1. The first kappa shape index (κ1) is 17.7. The minimum absolute atomic E-state index is 0.110. The Morgan fingerprint density at radius 2 is 1.65 bits per heavy atom. The highest BCUT2D eigenvalue weighted by Crippen LogP contribution is 2.23. The average molecular weight is 342 g/mol. The van der Waals surface area contributed by atoms with Crippen LogP contribution in [0.4, 0.5) is 0 Å². The Hall–Kier alpha value is -0.380. The van der Waals surface area contributed by atoms with Gasteiger partial charge in [-0.1, -0.05) is 55.8 Å². The van der Waals surface area contributed by atoms with Gasteiger partial charge in [-0.05, 0) is 37.0 Å². The van der Waals surface area contributed by atoms with Gasteiger partial charge in [0.1, 0.15) is 0 Å². The fourth-order valence-corrected chi connectivity index (χ4v) is 2.53. The Bertz CT molecular complexity index is 375. The van der Waals surface area contributed by atoms with Crippen molar-refractivity contribution in [3.63, 3.8) is 0 Å². The van der Waals surface area contributed by atoms with Crippen molar-refractivity contribution in [1.82, 2.24) is 5.32 Å². The van der Waals surface area contributed by atoms with Crippen molar-refractivity contribution in [3.05, 3.63) is 34.3 Å². The monoisotopic (exact) mass is 341 g/mol. The van der Waals surface area contributed by atoms with Gasteiger partial charge >= 0.3 is 0 Å². The van der Waals surface area contributed by atoms with Gasteiger partial charge in [0.25, 0.3) is 0 Å². The van der Waals surface area contributed by atoms with Crippen LogP contribution in [0.5, 0.6) is 0 Å². The zero-order chi connectivity index (χ0) is 15.1. The predicted octanol–water partition coefficient (Wildman–Crippen LogP) is 4.94. The molecular weight excluding hydrogens is 314 g/mol. The van der Waals surface area contributed by atoms with E-state index in [9.17, 15) is 0 Å². The second kappa shape index (κ2) is 8.81. The molecule has 1 N–H and O–H groups in total. The molecule has 20 heavy (non-hydrogen) atoms. The summed E-state index contributed by atoms with van der Waals surface area (Å²) in [5, 5.41) is 3.48. The van der Waals surface area contributed by atoms with Gasteiger partial charge in [0.15, 0.2) is 0 Å². The lowest BCUT2D eigenvalue weighted by Gasteiger charge is -2.25. The quantitative estimate of drug-likeness (QED) is 0.722. The van der Waals surface area contributed by atoms with Gasteiger partial charge in [0.2, 0.25) is 0 Å². The molecule has 0 radical (unpaired) electrons. The summed E-state index contributed by atoms with van der Waals surface area (Å²) in [5.74, 6) is 0.661. The molecule has 0 saturated heterocycles. The molecule has 0 heterocycles. The van der Waals surface area contributed by atoms with E-state index < -0.39 is 0 Å². The van der Waals surface area contributed by atoms with Crippen LogP contribution >= 0.6 is 15.9 Å². The summed E-state index contributed by atoms with van der Waals surface area (Å²) in [7, 11) is 0. The summed E-state index contributed by atoms with van der Waals surface area (Å²) in [6.45, 7) is 11.8. The van der Waals surface area contributed by atoms with E-state index in [-0.39, 0.29) is 12.2 Å².